The summed E-state index contributed by atoms with van der Waals surface area (Å²) in [6, 6.07) is 9.43. The Morgan fingerprint density at radius 1 is 1.17 bits per heavy atom. The lowest BCUT2D eigenvalue weighted by molar-refractivity contribution is 0.131. The lowest BCUT2D eigenvalue weighted by Gasteiger charge is -2.24. The Morgan fingerprint density at radius 3 is 2.57 bits per heavy atom. The highest BCUT2D eigenvalue weighted by Gasteiger charge is 2.30. The van der Waals surface area contributed by atoms with Crippen LogP contribution in [0.2, 0.25) is 10.2 Å². The highest BCUT2D eigenvalue weighted by atomic mass is 35.5. The van der Waals surface area contributed by atoms with Gasteiger partial charge in [0.05, 0.1) is 0 Å². The predicted molar refractivity (Wildman–Crippen MR) is 85.0 cm³/mol. The third kappa shape index (κ3) is 3.42. The van der Waals surface area contributed by atoms with E-state index in [0.717, 1.165) is 25.1 Å². The number of benzene rings is 1. The molecule has 0 spiro atoms. The maximum Gasteiger partial charge on any atom is 0.254 e. The van der Waals surface area contributed by atoms with E-state index in [-0.39, 0.29) is 11.8 Å². The van der Waals surface area contributed by atoms with Gasteiger partial charge < -0.3 is 10.1 Å². The minimum Gasteiger partial charge on any atom is -0.467 e. The normalized spacial score (nSPS) is 18.9. The standard InChI is InChI=1S/C16H14Cl2F2N2O/c17-11-12(19)15(18)22-16(13(11)20)23-14(10-6-7-21-8-10)9-4-2-1-3-5-9/h1-5,10,14,21H,6-8H2. The molecule has 122 valence electrons. The Kier molecular flexibility index (Phi) is 4.99. The topological polar surface area (TPSA) is 34.1 Å². The zero-order chi connectivity index (χ0) is 16.4. The van der Waals surface area contributed by atoms with Crippen LogP contribution in [0, 0.1) is 17.6 Å². The number of hydrogen-bond donors (Lipinski definition) is 1. The molecule has 1 N–H and O–H groups in total. The van der Waals surface area contributed by atoms with Crippen LogP contribution in [0.5, 0.6) is 5.88 Å². The first-order chi connectivity index (χ1) is 11.1. The molecule has 3 rings (SSSR count). The maximum absolute atomic E-state index is 14.2. The summed E-state index contributed by atoms with van der Waals surface area (Å²) >= 11 is 11.3. The molecule has 1 aromatic carbocycles. The average molecular weight is 359 g/mol. The summed E-state index contributed by atoms with van der Waals surface area (Å²) in [6.07, 6.45) is 0.454. The van der Waals surface area contributed by atoms with E-state index in [1.54, 1.807) is 0 Å². The van der Waals surface area contributed by atoms with Crippen molar-refractivity contribution in [1.29, 1.82) is 0 Å². The molecule has 0 aliphatic carbocycles. The van der Waals surface area contributed by atoms with Crippen LogP contribution in [0.25, 0.3) is 0 Å². The van der Waals surface area contributed by atoms with E-state index < -0.39 is 27.9 Å². The Morgan fingerprint density at radius 2 is 1.91 bits per heavy atom. The number of nitrogens with one attached hydrogen (secondary N) is 1. The first-order valence-corrected chi connectivity index (χ1v) is 7.96. The predicted octanol–water partition coefficient (Wildman–Crippen LogP) is 4.40. The summed E-state index contributed by atoms with van der Waals surface area (Å²) in [5.74, 6) is -2.37. The van der Waals surface area contributed by atoms with Gasteiger partial charge in [0.25, 0.3) is 5.88 Å². The van der Waals surface area contributed by atoms with Crippen LogP contribution >= 0.6 is 23.2 Å². The van der Waals surface area contributed by atoms with E-state index in [1.807, 2.05) is 30.3 Å². The Hall–Kier alpha value is -1.43. The lowest BCUT2D eigenvalue weighted by Crippen LogP contribution is -2.22. The Bertz CT molecular complexity index is 694. The molecule has 0 amide bonds. The van der Waals surface area contributed by atoms with Crippen LogP contribution in [-0.4, -0.2) is 18.1 Å². The number of pyridine rings is 1. The maximum atomic E-state index is 14.2. The highest BCUT2D eigenvalue weighted by molar-refractivity contribution is 6.34. The van der Waals surface area contributed by atoms with Crippen LogP contribution in [0.15, 0.2) is 30.3 Å². The van der Waals surface area contributed by atoms with Gasteiger partial charge in [-0.15, -0.1) is 0 Å². The first-order valence-electron chi connectivity index (χ1n) is 7.20. The van der Waals surface area contributed by atoms with E-state index in [4.69, 9.17) is 27.9 Å². The molecule has 3 nitrogen and oxygen atoms in total. The minimum absolute atomic E-state index is 0.140. The van der Waals surface area contributed by atoms with Gasteiger partial charge >= 0.3 is 0 Å². The van der Waals surface area contributed by atoms with Crippen LogP contribution < -0.4 is 10.1 Å². The van der Waals surface area contributed by atoms with Gasteiger partial charge in [0.1, 0.15) is 11.1 Å². The minimum atomic E-state index is -1.09. The van der Waals surface area contributed by atoms with E-state index in [0.29, 0.717) is 0 Å². The SMILES string of the molecule is Fc1c(Cl)nc(OC(c2ccccc2)C2CCNC2)c(F)c1Cl. The fraction of sp³-hybridized carbons (Fsp3) is 0.312. The molecule has 1 saturated heterocycles. The summed E-state index contributed by atoms with van der Waals surface area (Å²) in [5.41, 5.74) is 0.888. The van der Waals surface area contributed by atoms with Crippen molar-refractivity contribution in [2.45, 2.75) is 12.5 Å². The fourth-order valence-corrected chi connectivity index (χ4v) is 3.07. The molecule has 2 aromatic rings. The molecule has 0 radical (unpaired) electrons. The second-order valence-corrected chi connectivity index (χ2v) is 6.09. The molecule has 2 atom stereocenters. The Labute approximate surface area is 142 Å². The molecule has 7 heteroatoms. The molecule has 23 heavy (non-hydrogen) atoms. The zero-order valence-electron chi connectivity index (χ0n) is 12.0. The summed E-state index contributed by atoms with van der Waals surface area (Å²) in [6.45, 7) is 1.60. The van der Waals surface area contributed by atoms with Gasteiger partial charge in [-0.2, -0.15) is 9.37 Å². The molecule has 2 heterocycles. The van der Waals surface area contributed by atoms with Crippen molar-refractivity contribution in [3.05, 3.63) is 57.7 Å². The molecular formula is C16H14Cl2F2N2O. The quantitative estimate of drug-likeness (QED) is 0.822. The molecular weight excluding hydrogens is 345 g/mol. The molecule has 1 aliphatic heterocycles. The molecule has 1 fully saturated rings. The number of aromatic nitrogens is 1. The number of halogens is 4. The second kappa shape index (κ2) is 6.99. The van der Waals surface area contributed by atoms with Crippen molar-refractivity contribution in [3.63, 3.8) is 0 Å². The van der Waals surface area contributed by atoms with Gasteiger partial charge in [-0.25, -0.2) is 4.39 Å². The molecule has 2 unspecified atom stereocenters. The third-order valence-corrected chi connectivity index (χ3v) is 4.43. The molecule has 0 saturated carbocycles. The van der Waals surface area contributed by atoms with Crippen LogP contribution in [-0.2, 0) is 0 Å². The second-order valence-electron chi connectivity index (χ2n) is 5.35. The van der Waals surface area contributed by atoms with E-state index in [1.165, 1.54) is 0 Å². The lowest BCUT2D eigenvalue weighted by atomic mass is 9.95. The summed E-state index contributed by atoms with van der Waals surface area (Å²) in [7, 11) is 0. The van der Waals surface area contributed by atoms with Gasteiger partial charge in [-0.3, -0.25) is 0 Å². The van der Waals surface area contributed by atoms with Gasteiger partial charge in [0.15, 0.2) is 11.0 Å². The van der Waals surface area contributed by atoms with Gasteiger partial charge in [-0.1, -0.05) is 53.5 Å². The van der Waals surface area contributed by atoms with Crippen molar-refractivity contribution in [2.75, 3.05) is 13.1 Å². The third-order valence-electron chi connectivity index (χ3n) is 3.85. The Balaban J connectivity index is 1.96. The van der Waals surface area contributed by atoms with Crippen LogP contribution in [0.1, 0.15) is 18.1 Å². The van der Waals surface area contributed by atoms with Crippen LogP contribution in [0.4, 0.5) is 8.78 Å². The van der Waals surface area contributed by atoms with Crippen molar-refractivity contribution in [3.8, 4) is 5.88 Å². The van der Waals surface area contributed by atoms with Crippen molar-refractivity contribution < 1.29 is 13.5 Å². The highest BCUT2D eigenvalue weighted by Crippen LogP contribution is 2.36. The summed E-state index contributed by atoms with van der Waals surface area (Å²) in [4.78, 5) is 3.66. The first kappa shape index (κ1) is 16.4. The monoisotopic (exact) mass is 358 g/mol. The zero-order valence-corrected chi connectivity index (χ0v) is 13.5. The number of rotatable bonds is 4. The fourth-order valence-electron chi connectivity index (χ4n) is 2.68. The van der Waals surface area contributed by atoms with Crippen LogP contribution in [0.3, 0.4) is 0 Å². The van der Waals surface area contributed by atoms with E-state index in [9.17, 15) is 8.78 Å². The number of ether oxygens (including phenoxy) is 1. The van der Waals surface area contributed by atoms with Crippen molar-refractivity contribution >= 4 is 23.2 Å². The van der Waals surface area contributed by atoms with Crippen molar-refractivity contribution in [1.82, 2.24) is 10.3 Å². The smallest absolute Gasteiger partial charge is 0.254 e. The van der Waals surface area contributed by atoms with E-state index in [2.05, 4.69) is 10.3 Å². The van der Waals surface area contributed by atoms with Gasteiger partial charge in [0, 0.05) is 12.5 Å². The number of hydrogen-bond acceptors (Lipinski definition) is 3. The number of nitrogens with zero attached hydrogens (tertiary/aromatic N) is 1. The average Bonchev–Trinajstić information content (AvgIpc) is 3.10. The summed E-state index contributed by atoms with van der Waals surface area (Å²) < 4.78 is 33.4. The largest absolute Gasteiger partial charge is 0.467 e. The summed E-state index contributed by atoms with van der Waals surface area (Å²) in [5, 5.41) is 2.03. The van der Waals surface area contributed by atoms with Gasteiger partial charge in [0.2, 0.25) is 5.82 Å². The van der Waals surface area contributed by atoms with E-state index >= 15 is 0 Å². The molecule has 1 aliphatic rings. The molecule has 0 bridgehead atoms. The van der Waals surface area contributed by atoms with Gasteiger partial charge in [-0.05, 0) is 18.5 Å². The van der Waals surface area contributed by atoms with Crippen molar-refractivity contribution in [2.24, 2.45) is 5.92 Å². The molecule has 1 aromatic heterocycles.